The van der Waals surface area contributed by atoms with E-state index in [9.17, 15) is 13.2 Å². The number of benzene rings is 3. The summed E-state index contributed by atoms with van der Waals surface area (Å²) in [6, 6.07) is 26.0. The van der Waals surface area contributed by atoms with Gasteiger partial charge in [-0.1, -0.05) is 60.7 Å². The van der Waals surface area contributed by atoms with E-state index < -0.39 is 10.0 Å². The van der Waals surface area contributed by atoms with Gasteiger partial charge >= 0.3 is 0 Å². The number of rotatable bonds is 9. The molecule has 178 valence electrons. The molecule has 0 aromatic heterocycles. The van der Waals surface area contributed by atoms with Crippen LogP contribution in [0.3, 0.4) is 0 Å². The number of hydrogen-bond acceptors (Lipinski definition) is 4. The molecule has 0 saturated carbocycles. The minimum atomic E-state index is -3.64. The first kappa shape index (κ1) is 24.0. The number of hydrogen-bond donors (Lipinski definition) is 1. The fraction of sp³-hybridized carbons (Fsp3) is 0.296. The molecule has 3 aromatic rings. The zero-order valence-electron chi connectivity index (χ0n) is 19.1. The molecule has 4 rings (SSSR count). The van der Waals surface area contributed by atoms with Gasteiger partial charge in [-0.05, 0) is 54.7 Å². The van der Waals surface area contributed by atoms with E-state index in [-0.39, 0.29) is 23.4 Å². The monoisotopic (exact) mass is 478 g/mol. The van der Waals surface area contributed by atoms with Crippen LogP contribution in [0.4, 0.5) is 0 Å². The maximum absolute atomic E-state index is 13.2. The van der Waals surface area contributed by atoms with Crippen molar-refractivity contribution in [1.29, 1.82) is 0 Å². The van der Waals surface area contributed by atoms with Gasteiger partial charge in [0.1, 0.15) is 12.4 Å². The number of carbonyl (C=O) groups excluding carboxylic acids is 1. The minimum Gasteiger partial charge on any atom is -0.489 e. The molecule has 0 bridgehead atoms. The van der Waals surface area contributed by atoms with E-state index in [1.165, 1.54) is 4.31 Å². The van der Waals surface area contributed by atoms with Crippen LogP contribution in [0.25, 0.3) is 0 Å². The molecular formula is C27H30N2O4S. The largest absolute Gasteiger partial charge is 0.489 e. The highest BCUT2D eigenvalue weighted by Gasteiger charge is 2.30. The van der Waals surface area contributed by atoms with Crippen LogP contribution in [-0.4, -0.2) is 37.8 Å². The lowest BCUT2D eigenvalue weighted by molar-refractivity contribution is -0.122. The Morgan fingerprint density at radius 3 is 2.24 bits per heavy atom. The molecular weight excluding hydrogens is 448 g/mol. The molecule has 1 heterocycles. The summed E-state index contributed by atoms with van der Waals surface area (Å²) in [5.74, 6) is 0.568. The van der Waals surface area contributed by atoms with E-state index in [0.29, 0.717) is 38.2 Å². The molecule has 1 unspecified atom stereocenters. The van der Waals surface area contributed by atoms with Crippen LogP contribution in [0.1, 0.15) is 30.4 Å². The normalized spacial score (nSPS) is 16.6. The van der Waals surface area contributed by atoms with Crippen molar-refractivity contribution in [2.45, 2.75) is 43.2 Å². The predicted octanol–water partition coefficient (Wildman–Crippen LogP) is 4.17. The molecule has 1 fully saturated rings. The predicted molar refractivity (Wildman–Crippen MR) is 132 cm³/mol. The fourth-order valence-corrected chi connectivity index (χ4v) is 5.60. The molecule has 0 spiro atoms. The Hall–Kier alpha value is -3.16. The van der Waals surface area contributed by atoms with Gasteiger partial charge in [0.25, 0.3) is 0 Å². The molecule has 1 atom stereocenters. The van der Waals surface area contributed by atoms with Crippen LogP contribution in [0, 0.1) is 0 Å². The van der Waals surface area contributed by atoms with Crippen molar-refractivity contribution >= 4 is 15.9 Å². The van der Waals surface area contributed by atoms with E-state index >= 15 is 0 Å². The first-order chi connectivity index (χ1) is 16.5. The van der Waals surface area contributed by atoms with E-state index in [1.807, 2.05) is 60.7 Å². The third kappa shape index (κ3) is 6.46. The second-order valence-electron chi connectivity index (χ2n) is 8.50. The number of aryl methyl sites for hydroxylation is 1. The van der Waals surface area contributed by atoms with Gasteiger partial charge in [0, 0.05) is 25.6 Å². The van der Waals surface area contributed by atoms with E-state index in [1.54, 1.807) is 24.3 Å². The first-order valence-corrected chi connectivity index (χ1v) is 13.0. The molecule has 1 aliphatic rings. The van der Waals surface area contributed by atoms with Crippen LogP contribution >= 0.6 is 0 Å². The van der Waals surface area contributed by atoms with Gasteiger partial charge in [0.05, 0.1) is 4.90 Å². The molecule has 1 saturated heterocycles. The number of nitrogens with one attached hydrogen (secondary N) is 1. The number of piperidine rings is 1. The molecule has 1 aliphatic heterocycles. The van der Waals surface area contributed by atoms with Crippen LogP contribution < -0.4 is 10.1 Å². The highest BCUT2D eigenvalue weighted by atomic mass is 32.2. The summed E-state index contributed by atoms with van der Waals surface area (Å²) in [6.45, 7) is 1.15. The van der Waals surface area contributed by atoms with Crippen molar-refractivity contribution in [3.05, 3.63) is 96.1 Å². The van der Waals surface area contributed by atoms with Crippen molar-refractivity contribution < 1.29 is 17.9 Å². The lowest BCUT2D eigenvalue weighted by Crippen LogP contribution is -2.49. The molecule has 1 amide bonds. The number of sulfonamides is 1. The van der Waals surface area contributed by atoms with Gasteiger partial charge in [-0.3, -0.25) is 4.79 Å². The zero-order chi connectivity index (χ0) is 23.8. The van der Waals surface area contributed by atoms with Gasteiger partial charge in [0.2, 0.25) is 15.9 Å². The van der Waals surface area contributed by atoms with Crippen molar-refractivity contribution in [3.8, 4) is 5.75 Å². The van der Waals surface area contributed by atoms with E-state index in [4.69, 9.17) is 4.74 Å². The fourth-order valence-electron chi connectivity index (χ4n) is 4.08. The van der Waals surface area contributed by atoms with Crippen molar-refractivity contribution in [1.82, 2.24) is 9.62 Å². The summed E-state index contributed by atoms with van der Waals surface area (Å²) in [6.07, 6.45) is 2.54. The van der Waals surface area contributed by atoms with E-state index in [0.717, 1.165) is 17.5 Å². The Labute approximate surface area is 201 Å². The van der Waals surface area contributed by atoms with Gasteiger partial charge in [-0.2, -0.15) is 4.31 Å². The number of ether oxygens (including phenoxy) is 1. The van der Waals surface area contributed by atoms with Crippen molar-refractivity contribution in [3.63, 3.8) is 0 Å². The van der Waals surface area contributed by atoms with Gasteiger partial charge in [0.15, 0.2) is 0 Å². The van der Waals surface area contributed by atoms with Crippen LogP contribution in [-0.2, 0) is 27.8 Å². The summed E-state index contributed by atoms with van der Waals surface area (Å²) >= 11 is 0. The first-order valence-electron chi connectivity index (χ1n) is 11.6. The summed E-state index contributed by atoms with van der Waals surface area (Å²) in [7, 11) is -3.64. The highest BCUT2D eigenvalue weighted by Crippen LogP contribution is 2.23. The zero-order valence-corrected chi connectivity index (χ0v) is 19.9. The molecule has 7 heteroatoms. The summed E-state index contributed by atoms with van der Waals surface area (Å²) in [4.78, 5) is 12.7. The Balaban J connectivity index is 1.31. The molecule has 0 aliphatic carbocycles. The quantitative estimate of drug-likeness (QED) is 0.501. The van der Waals surface area contributed by atoms with Gasteiger partial charge < -0.3 is 10.1 Å². The summed E-state index contributed by atoms with van der Waals surface area (Å²) < 4.78 is 33.6. The second-order valence-corrected chi connectivity index (χ2v) is 10.4. The Morgan fingerprint density at radius 1 is 0.912 bits per heavy atom. The van der Waals surface area contributed by atoms with Gasteiger partial charge in [-0.15, -0.1) is 0 Å². The molecule has 6 nitrogen and oxygen atoms in total. The van der Waals surface area contributed by atoms with Crippen molar-refractivity contribution in [2.75, 3.05) is 13.1 Å². The lowest BCUT2D eigenvalue weighted by Gasteiger charge is -2.32. The van der Waals surface area contributed by atoms with Crippen LogP contribution in [0.2, 0.25) is 0 Å². The minimum absolute atomic E-state index is 0.0481. The molecule has 34 heavy (non-hydrogen) atoms. The maximum Gasteiger partial charge on any atom is 0.243 e. The third-order valence-electron chi connectivity index (χ3n) is 5.94. The summed E-state index contributed by atoms with van der Waals surface area (Å²) in [5, 5.41) is 3.02. The Kier molecular flexibility index (Phi) is 7.98. The number of nitrogens with zero attached hydrogens (tertiary/aromatic N) is 1. The van der Waals surface area contributed by atoms with Crippen molar-refractivity contribution in [2.24, 2.45) is 0 Å². The second kappa shape index (κ2) is 11.3. The molecule has 0 radical (unpaired) electrons. The van der Waals surface area contributed by atoms with Gasteiger partial charge in [-0.25, -0.2) is 8.42 Å². The van der Waals surface area contributed by atoms with E-state index in [2.05, 4.69) is 5.32 Å². The summed E-state index contributed by atoms with van der Waals surface area (Å²) in [5.41, 5.74) is 2.16. The Morgan fingerprint density at radius 2 is 1.56 bits per heavy atom. The third-order valence-corrected chi connectivity index (χ3v) is 7.82. The standard InChI is InChI=1S/C27H30N2O4S/c30-27(18-13-22-8-3-1-4-9-22)28-24-12-7-19-29(20-24)34(31,32)26-16-14-25(15-17-26)33-21-23-10-5-2-6-11-23/h1-6,8-11,14-17,24H,7,12-13,18-21H2,(H,28,30). The maximum atomic E-state index is 13.2. The highest BCUT2D eigenvalue weighted by molar-refractivity contribution is 7.89. The molecule has 3 aromatic carbocycles. The van der Waals surface area contributed by atoms with Crippen LogP contribution in [0.15, 0.2) is 89.8 Å². The average Bonchev–Trinajstić information content (AvgIpc) is 2.88. The molecule has 1 N–H and O–H groups in total. The number of amides is 1. The Bertz CT molecular complexity index is 1170. The average molecular weight is 479 g/mol. The van der Waals surface area contributed by atoms with Crippen LogP contribution in [0.5, 0.6) is 5.75 Å². The SMILES string of the molecule is O=C(CCc1ccccc1)NC1CCCN(S(=O)(=O)c2ccc(OCc3ccccc3)cc2)C1. The topological polar surface area (TPSA) is 75.7 Å². The number of carbonyl (C=O) groups is 1. The lowest BCUT2D eigenvalue weighted by atomic mass is 10.1. The smallest absolute Gasteiger partial charge is 0.243 e.